The van der Waals surface area contributed by atoms with Crippen molar-refractivity contribution in [1.82, 2.24) is 14.6 Å². The van der Waals surface area contributed by atoms with Crippen LogP contribution in [0.25, 0.3) is 16.8 Å². The van der Waals surface area contributed by atoms with Crippen LogP contribution in [0.2, 0.25) is 5.02 Å². The summed E-state index contributed by atoms with van der Waals surface area (Å²) >= 11 is 6.25. The zero-order valence-electron chi connectivity index (χ0n) is 17.4. The first-order valence-electron chi connectivity index (χ1n) is 10.3. The van der Waals surface area contributed by atoms with E-state index in [0.717, 1.165) is 28.9 Å². The average Bonchev–Trinajstić information content (AvgIpc) is 3.10. The topological polar surface area (TPSA) is 56.5 Å². The van der Waals surface area contributed by atoms with Crippen LogP contribution in [0.15, 0.2) is 54.7 Å². The number of ketones is 1. The maximum atomic E-state index is 13.0. The molecule has 1 aliphatic rings. The second kappa shape index (κ2) is 7.91. The van der Waals surface area contributed by atoms with Crippen molar-refractivity contribution in [3.05, 3.63) is 87.8 Å². The van der Waals surface area contributed by atoms with Crippen molar-refractivity contribution < 1.29 is 9.53 Å². The molecule has 31 heavy (non-hydrogen) atoms. The fourth-order valence-corrected chi connectivity index (χ4v) is 4.52. The molecule has 1 aliphatic carbocycles. The highest BCUT2D eigenvalue weighted by atomic mass is 35.5. The van der Waals surface area contributed by atoms with Gasteiger partial charge in [-0.1, -0.05) is 53.6 Å². The average molecular weight is 432 g/mol. The number of nitrogens with zero attached hydrogens (tertiary/aromatic N) is 3. The normalized spacial score (nSPS) is 16.0. The molecule has 2 aromatic heterocycles. The molecule has 0 bridgehead atoms. The number of ether oxygens (including phenoxy) is 1. The molecule has 0 fully saturated rings. The highest BCUT2D eigenvalue weighted by molar-refractivity contribution is 6.30. The zero-order valence-corrected chi connectivity index (χ0v) is 18.2. The van der Waals surface area contributed by atoms with E-state index in [0.29, 0.717) is 29.3 Å². The molecule has 0 N–H and O–H groups in total. The summed E-state index contributed by atoms with van der Waals surface area (Å²) in [6.45, 7) is 2.41. The summed E-state index contributed by atoms with van der Waals surface area (Å²) < 4.78 is 7.08. The van der Waals surface area contributed by atoms with Gasteiger partial charge in [0.05, 0.1) is 29.1 Å². The van der Waals surface area contributed by atoms with Gasteiger partial charge in [0.1, 0.15) is 0 Å². The molecule has 0 saturated heterocycles. The summed E-state index contributed by atoms with van der Waals surface area (Å²) in [5.74, 6) is 0.237. The molecular weight excluding hydrogens is 410 g/mol. The van der Waals surface area contributed by atoms with E-state index in [4.69, 9.17) is 21.3 Å². The maximum Gasteiger partial charge on any atom is 0.166 e. The van der Waals surface area contributed by atoms with E-state index < -0.39 is 0 Å². The molecule has 0 aliphatic heterocycles. The predicted octanol–water partition coefficient (Wildman–Crippen LogP) is 5.42. The minimum absolute atomic E-state index is 0.106. The second-order valence-corrected chi connectivity index (χ2v) is 8.51. The molecule has 0 saturated carbocycles. The molecule has 2 heterocycles. The van der Waals surface area contributed by atoms with E-state index in [-0.39, 0.29) is 11.7 Å². The Hall–Kier alpha value is -3.02. The Morgan fingerprint density at radius 3 is 2.71 bits per heavy atom. The first kappa shape index (κ1) is 19.9. The van der Waals surface area contributed by atoms with Gasteiger partial charge in [-0.15, -0.1) is 0 Å². The molecule has 2 aromatic carbocycles. The van der Waals surface area contributed by atoms with E-state index in [2.05, 4.69) is 36.3 Å². The number of hydrogen-bond acceptors (Lipinski definition) is 4. The van der Waals surface area contributed by atoms with Gasteiger partial charge in [0.2, 0.25) is 0 Å². The molecular formula is C25H22ClN3O2. The Morgan fingerprint density at radius 2 is 1.97 bits per heavy atom. The standard InChI is InChI=1S/C25H22ClN3O2/c1-15-6-8-16(9-7-15)18-11-21-20(23(30)12-18)13-29-25(27-21)24(22(28-29)14-31-2)17-4-3-5-19(26)10-17/h3-10,13,18H,11-12,14H2,1-2H3. The van der Waals surface area contributed by atoms with Crippen molar-refractivity contribution in [2.45, 2.75) is 32.3 Å². The molecule has 0 amide bonds. The van der Waals surface area contributed by atoms with Gasteiger partial charge in [0.25, 0.3) is 0 Å². The number of aromatic nitrogens is 3. The third-order valence-corrected chi connectivity index (χ3v) is 6.11. The largest absolute Gasteiger partial charge is 0.378 e. The number of carbonyl (C=O) groups is 1. The van der Waals surface area contributed by atoms with Gasteiger partial charge in [0.15, 0.2) is 11.4 Å². The van der Waals surface area contributed by atoms with E-state index in [1.54, 1.807) is 11.6 Å². The smallest absolute Gasteiger partial charge is 0.166 e. The number of halogens is 1. The third kappa shape index (κ3) is 3.64. The van der Waals surface area contributed by atoms with Crippen LogP contribution < -0.4 is 0 Å². The fourth-order valence-electron chi connectivity index (χ4n) is 4.33. The highest BCUT2D eigenvalue weighted by Crippen LogP contribution is 2.35. The minimum Gasteiger partial charge on any atom is -0.378 e. The predicted molar refractivity (Wildman–Crippen MR) is 121 cm³/mol. The van der Waals surface area contributed by atoms with Crippen LogP contribution in [0.4, 0.5) is 0 Å². The lowest BCUT2D eigenvalue weighted by molar-refractivity contribution is 0.0962. The van der Waals surface area contributed by atoms with Crippen LogP contribution in [0, 0.1) is 6.92 Å². The van der Waals surface area contributed by atoms with Crippen LogP contribution in [-0.4, -0.2) is 27.5 Å². The Bertz CT molecular complexity index is 1290. The van der Waals surface area contributed by atoms with Gasteiger partial charge in [-0.05, 0) is 42.5 Å². The number of hydrogen-bond donors (Lipinski definition) is 0. The van der Waals surface area contributed by atoms with Crippen molar-refractivity contribution in [2.75, 3.05) is 7.11 Å². The van der Waals surface area contributed by atoms with Crippen molar-refractivity contribution in [1.29, 1.82) is 0 Å². The lowest BCUT2D eigenvalue weighted by Gasteiger charge is -2.23. The minimum atomic E-state index is 0.106. The van der Waals surface area contributed by atoms with Crippen molar-refractivity contribution in [3.8, 4) is 11.1 Å². The fraction of sp³-hybridized carbons (Fsp3) is 0.240. The summed E-state index contributed by atoms with van der Waals surface area (Å²) in [6.07, 6.45) is 3.02. The molecule has 0 spiro atoms. The summed E-state index contributed by atoms with van der Waals surface area (Å²) in [5, 5.41) is 5.32. The second-order valence-electron chi connectivity index (χ2n) is 8.07. The van der Waals surface area contributed by atoms with E-state index in [9.17, 15) is 4.79 Å². The Balaban J connectivity index is 1.65. The summed E-state index contributed by atoms with van der Waals surface area (Å²) in [7, 11) is 1.64. The Labute approximate surface area is 185 Å². The number of benzene rings is 2. The van der Waals surface area contributed by atoms with E-state index in [1.807, 2.05) is 30.5 Å². The van der Waals surface area contributed by atoms with Crippen LogP contribution in [-0.2, 0) is 17.8 Å². The summed E-state index contributed by atoms with van der Waals surface area (Å²) in [5.41, 5.74) is 7.16. The van der Waals surface area contributed by atoms with Crippen LogP contribution >= 0.6 is 11.6 Å². The van der Waals surface area contributed by atoms with Crippen molar-refractivity contribution in [2.24, 2.45) is 0 Å². The molecule has 1 atom stereocenters. The number of aryl methyl sites for hydroxylation is 1. The van der Waals surface area contributed by atoms with Gasteiger partial charge >= 0.3 is 0 Å². The molecule has 5 rings (SSSR count). The lowest BCUT2D eigenvalue weighted by atomic mass is 9.82. The monoisotopic (exact) mass is 431 g/mol. The number of methoxy groups -OCH3 is 1. The SMILES string of the molecule is COCc1nn2cc3c(nc2c1-c1cccc(Cl)c1)CC(c1ccc(C)cc1)CC3=O. The molecule has 4 aromatic rings. The number of Topliss-reactive ketones (excluding diaryl/α,β-unsaturated/α-hetero) is 1. The third-order valence-electron chi connectivity index (χ3n) is 5.88. The number of rotatable bonds is 4. The zero-order chi connectivity index (χ0) is 21.5. The van der Waals surface area contributed by atoms with Crippen LogP contribution in [0.1, 0.15) is 45.2 Å². The van der Waals surface area contributed by atoms with E-state index in [1.165, 1.54) is 11.1 Å². The molecule has 1 unspecified atom stereocenters. The van der Waals surface area contributed by atoms with Crippen LogP contribution in [0.5, 0.6) is 0 Å². The highest BCUT2D eigenvalue weighted by Gasteiger charge is 2.29. The van der Waals surface area contributed by atoms with Gasteiger partial charge in [0, 0.05) is 24.8 Å². The van der Waals surface area contributed by atoms with Crippen LogP contribution in [0.3, 0.4) is 0 Å². The Kier molecular flexibility index (Phi) is 5.08. The van der Waals surface area contributed by atoms with Gasteiger partial charge in [-0.25, -0.2) is 9.50 Å². The molecule has 6 heteroatoms. The molecule has 5 nitrogen and oxygen atoms in total. The van der Waals surface area contributed by atoms with Crippen molar-refractivity contribution >= 4 is 23.0 Å². The molecule has 0 radical (unpaired) electrons. The maximum absolute atomic E-state index is 13.0. The van der Waals surface area contributed by atoms with Gasteiger partial charge < -0.3 is 4.74 Å². The van der Waals surface area contributed by atoms with Gasteiger partial charge in [-0.3, -0.25) is 4.79 Å². The van der Waals surface area contributed by atoms with E-state index >= 15 is 0 Å². The van der Waals surface area contributed by atoms with Crippen molar-refractivity contribution in [3.63, 3.8) is 0 Å². The molecule has 156 valence electrons. The summed E-state index contributed by atoms with van der Waals surface area (Å²) in [4.78, 5) is 17.9. The first-order valence-corrected chi connectivity index (χ1v) is 10.7. The quantitative estimate of drug-likeness (QED) is 0.433. The number of carbonyl (C=O) groups excluding carboxylic acids is 1. The number of fused-ring (bicyclic) bond motifs is 2. The lowest BCUT2D eigenvalue weighted by Crippen LogP contribution is -2.21. The first-order chi connectivity index (χ1) is 15.0. The summed E-state index contributed by atoms with van der Waals surface area (Å²) in [6, 6.07) is 16.1. The Morgan fingerprint density at radius 1 is 1.16 bits per heavy atom. The van der Waals surface area contributed by atoms with Gasteiger partial charge in [-0.2, -0.15) is 5.10 Å².